The van der Waals surface area contributed by atoms with Crippen molar-refractivity contribution < 1.29 is 10.0 Å². The van der Waals surface area contributed by atoms with Gasteiger partial charge in [0.15, 0.2) is 0 Å². The Labute approximate surface area is 79.9 Å². The molecule has 0 spiro atoms. The molecule has 5 heteroatoms. The van der Waals surface area contributed by atoms with Crippen molar-refractivity contribution in [1.82, 2.24) is 0 Å². The van der Waals surface area contributed by atoms with Gasteiger partial charge in [-0.05, 0) is 0 Å². The van der Waals surface area contributed by atoms with Crippen LogP contribution in [0, 0.1) is 0 Å². The van der Waals surface area contributed by atoms with Gasteiger partial charge < -0.3 is 0 Å². The van der Waals surface area contributed by atoms with E-state index in [0.717, 1.165) is 0 Å². The van der Waals surface area contributed by atoms with Crippen molar-refractivity contribution in [2.45, 2.75) is 0 Å². The van der Waals surface area contributed by atoms with E-state index in [4.69, 9.17) is 10.0 Å². The van der Waals surface area contributed by atoms with Crippen molar-refractivity contribution in [3.8, 4) is 0 Å². The van der Waals surface area contributed by atoms with E-state index < -0.39 is 20.4 Å². The minimum atomic E-state index is -3.61. The van der Waals surface area contributed by atoms with Crippen LogP contribution in [0.25, 0.3) is 0 Å². The molecule has 0 amide bonds. The van der Waals surface area contributed by atoms with Crippen LogP contribution in [0.1, 0.15) is 0 Å². The van der Waals surface area contributed by atoms with Crippen molar-refractivity contribution in [3.63, 3.8) is 0 Å². The summed E-state index contributed by atoms with van der Waals surface area (Å²) in [6.07, 6.45) is 0. The van der Waals surface area contributed by atoms with E-state index >= 15 is 0 Å². The zero-order valence-corrected chi connectivity index (χ0v) is 4.04. The third kappa shape index (κ3) is 22.9. The summed E-state index contributed by atoms with van der Waals surface area (Å²) in [5.41, 5.74) is 0. The number of rotatable bonds is 0. The van der Waals surface area contributed by atoms with Gasteiger partial charge in [-0.1, -0.05) is 0 Å². The van der Waals surface area contributed by atoms with Crippen LogP contribution in [0.2, 0.25) is 0 Å². The molecule has 0 radical (unpaired) electrons. The second kappa shape index (κ2) is 6.15. The summed E-state index contributed by atoms with van der Waals surface area (Å²) in [5.74, 6) is 0. The molecule has 0 aromatic rings. The molecule has 0 rings (SSSR count). The average Bonchev–Trinajstić information content (AvgIpc) is 0.811. The Kier molecular flexibility index (Phi) is 12.5. The van der Waals surface area contributed by atoms with E-state index in [1.807, 2.05) is 0 Å². The Hall–Kier alpha value is 2.15. The fourth-order valence-electron chi connectivity index (χ4n) is 0. The minimum absolute atomic E-state index is 0. The van der Waals surface area contributed by atoms with E-state index in [1.54, 1.807) is 0 Å². The van der Waals surface area contributed by atoms with Gasteiger partial charge >= 0.3 is 81.8 Å². The predicted molar refractivity (Wildman–Crippen MR) is 18.0 cm³/mol. The van der Waals surface area contributed by atoms with Crippen molar-refractivity contribution in [2.75, 3.05) is 0 Å². The summed E-state index contributed by atoms with van der Waals surface area (Å²) in [6, 6.07) is 0. The summed E-state index contributed by atoms with van der Waals surface area (Å²) in [4.78, 5) is 0. The quantitative estimate of drug-likeness (QED) is 0.451. The maximum absolute atomic E-state index is 8.81. The first kappa shape index (κ1) is 10.2. The molecule has 0 aromatic heterocycles. The third-order valence-corrected chi connectivity index (χ3v) is 0. The Morgan fingerprint density at radius 3 is 1.40 bits per heavy atom. The van der Waals surface area contributed by atoms with E-state index in [0.29, 0.717) is 0 Å². The monoisotopic (exact) mass is 220 g/mol. The summed E-state index contributed by atoms with van der Waals surface area (Å²) >= 11 is -3.61. The molecule has 0 aliphatic rings. The first-order valence-electron chi connectivity index (χ1n) is 0.532. The van der Waals surface area contributed by atoms with Crippen LogP contribution < -0.4 is 0 Å². The van der Waals surface area contributed by atoms with Gasteiger partial charge in [-0.3, -0.25) is 0 Å². The maximum atomic E-state index is 8.81. The zero-order chi connectivity index (χ0) is 3.58. The molecule has 2 N–H and O–H groups in total. The van der Waals surface area contributed by atoms with Crippen molar-refractivity contribution in [3.05, 3.63) is 0 Å². The molecule has 0 aliphatic heterocycles. The van der Waals surface area contributed by atoms with Crippen LogP contribution in [-0.2, 0) is 3.10 Å². The van der Waals surface area contributed by atoms with Crippen LogP contribution >= 0.6 is 0 Å². The van der Waals surface area contributed by atoms with Crippen LogP contribution in [0.3, 0.4) is 0 Å². The molecule has 0 saturated heterocycles. The Morgan fingerprint density at radius 2 is 1.40 bits per heavy atom. The van der Waals surface area contributed by atoms with Crippen molar-refractivity contribution >= 4 is 71.7 Å². The van der Waals surface area contributed by atoms with E-state index in [9.17, 15) is 0 Å². The molecule has 0 atom stereocenters. The molecule has 28 valence electrons. The average molecular weight is 218 g/mol. The van der Waals surface area contributed by atoms with Gasteiger partial charge in [-0.15, -0.1) is 0 Å². The SMILES string of the molecule is O=[Te](O)O.[KH]. The summed E-state index contributed by atoms with van der Waals surface area (Å²) in [5, 5.41) is 0. The topological polar surface area (TPSA) is 57.5 Å². The zero-order valence-electron chi connectivity index (χ0n) is 1.71. The molecule has 3 nitrogen and oxygen atoms in total. The predicted octanol–water partition coefficient (Wildman–Crippen LogP) is -2.26. The molecule has 0 unspecified atom stereocenters. The van der Waals surface area contributed by atoms with Gasteiger partial charge in [0, 0.05) is 0 Å². The fraction of sp³-hybridized carbons (Fsp3) is 0. The van der Waals surface area contributed by atoms with Crippen LogP contribution in [-0.4, -0.2) is 78.7 Å². The molecule has 0 heterocycles. The second-order valence-electron chi connectivity index (χ2n) is 0.231. The van der Waals surface area contributed by atoms with Gasteiger partial charge in [-0.2, -0.15) is 0 Å². The molecular formula is H3KO3Te. The summed E-state index contributed by atoms with van der Waals surface area (Å²) in [7, 11) is 0. The van der Waals surface area contributed by atoms with E-state index in [2.05, 4.69) is 0 Å². The first-order valence-corrected chi connectivity index (χ1v) is 3.57. The second-order valence-corrected chi connectivity index (χ2v) is 1.55. The summed E-state index contributed by atoms with van der Waals surface area (Å²) < 4.78 is 23.3. The Morgan fingerprint density at radius 1 is 1.40 bits per heavy atom. The number of hydrogen-bond donors (Lipinski definition) is 2. The van der Waals surface area contributed by atoms with E-state index in [-0.39, 0.29) is 51.4 Å². The van der Waals surface area contributed by atoms with Crippen LogP contribution in [0.15, 0.2) is 0 Å². The van der Waals surface area contributed by atoms with Gasteiger partial charge in [0.25, 0.3) is 0 Å². The van der Waals surface area contributed by atoms with Gasteiger partial charge in [0.1, 0.15) is 0 Å². The first-order chi connectivity index (χ1) is 1.73. The standard InChI is InChI=1S/K.H2O3Te.H/c;1-4(2)3;/h;(H2,1,2,3);. The van der Waals surface area contributed by atoms with Crippen LogP contribution in [0.4, 0.5) is 0 Å². The van der Waals surface area contributed by atoms with Crippen molar-refractivity contribution in [2.24, 2.45) is 0 Å². The molecule has 0 bridgehead atoms. The number of hydrogen-bond acceptors (Lipinski definition) is 1. The van der Waals surface area contributed by atoms with Crippen molar-refractivity contribution in [1.29, 1.82) is 0 Å². The molecule has 5 heavy (non-hydrogen) atoms. The third-order valence-electron chi connectivity index (χ3n) is 0. The van der Waals surface area contributed by atoms with Gasteiger partial charge in [0.2, 0.25) is 0 Å². The fourth-order valence-corrected chi connectivity index (χ4v) is 0. The normalized spacial score (nSPS) is 7.00. The van der Waals surface area contributed by atoms with Gasteiger partial charge in [0.05, 0.1) is 0 Å². The molecule has 0 aromatic carbocycles. The molecule has 0 aliphatic carbocycles. The summed E-state index contributed by atoms with van der Waals surface area (Å²) in [6.45, 7) is 0. The molecule has 0 fully saturated rings. The Bertz CT molecular complexity index is 29.9. The molecular weight excluding hydrogens is 215 g/mol. The van der Waals surface area contributed by atoms with Gasteiger partial charge in [-0.25, -0.2) is 0 Å². The molecule has 0 saturated carbocycles. The Balaban J connectivity index is 0. The van der Waals surface area contributed by atoms with Crippen LogP contribution in [0.5, 0.6) is 0 Å². The van der Waals surface area contributed by atoms with E-state index in [1.165, 1.54) is 0 Å².